The van der Waals surface area contributed by atoms with Gasteiger partial charge in [0.15, 0.2) is 5.75 Å². The summed E-state index contributed by atoms with van der Waals surface area (Å²) in [6, 6.07) is 18.9. The van der Waals surface area contributed by atoms with Gasteiger partial charge >= 0.3 is 5.97 Å². The first kappa shape index (κ1) is 22.5. The van der Waals surface area contributed by atoms with Crippen molar-refractivity contribution < 1.29 is 14.3 Å². The summed E-state index contributed by atoms with van der Waals surface area (Å²) in [5, 5.41) is 14.9. The summed E-state index contributed by atoms with van der Waals surface area (Å²) in [4.78, 5) is 29.3. The Morgan fingerprint density at radius 1 is 1.06 bits per heavy atom. The number of ether oxygens (including phenoxy) is 1. The van der Waals surface area contributed by atoms with Gasteiger partial charge in [-0.1, -0.05) is 19.9 Å². The van der Waals surface area contributed by atoms with E-state index in [1.807, 2.05) is 13.8 Å². The number of aromatic nitrogens is 1. The summed E-state index contributed by atoms with van der Waals surface area (Å²) in [5.41, 5.74) is 2.61. The first-order chi connectivity index (χ1) is 15.5. The molecule has 0 unspecified atom stereocenters. The van der Waals surface area contributed by atoms with E-state index in [0.717, 1.165) is 5.69 Å². The molecule has 1 heterocycles. The van der Waals surface area contributed by atoms with Crippen LogP contribution in [-0.2, 0) is 6.54 Å². The predicted octanol–water partition coefficient (Wildman–Crippen LogP) is 4.17. The van der Waals surface area contributed by atoms with Crippen LogP contribution in [0.2, 0.25) is 0 Å². The lowest BCUT2D eigenvalue weighted by molar-refractivity contribution is 0.0732. The van der Waals surface area contributed by atoms with Crippen LogP contribution in [0.25, 0.3) is 0 Å². The number of benzene rings is 2. The molecule has 1 amide bonds. The fourth-order valence-electron chi connectivity index (χ4n) is 2.84. The van der Waals surface area contributed by atoms with E-state index in [2.05, 4.69) is 21.7 Å². The highest BCUT2D eigenvalue weighted by molar-refractivity contribution is 5.98. The van der Waals surface area contributed by atoms with Gasteiger partial charge in [0.2, 0.25) is 0 Å². The zero-order valence-corrected chi connectivity index (χ0v) is 18.0. The Bertz CT molecular complexity index is 1130. The van der Waals surface area contributed by atoms with Gasteiger partial charge in [-0.05, 0) is 60.5 Å². The SMILES string of the molecule is CC(C)CNC(=O)c1cccc(C(=O)Oc2cccnc2CNc2ccc(C#N)cc2)c1. The molecular formula is C25H24N4O3. The Labute approximate surface area is 187 Å². The first-order valence-corrected chi connectivity index (χ1v) is 10.2. The summed E-state index contributed by atoms with van der Waals surface area (Å²) in [5.74, 6) is -0.152. The Morgan fingerprint density at radius 3 is 2.53 bits per heavy atom. The van der Waals surface area contributed by atoms with Crippen molar-refractivity contribution in [3.8, 4) is 11.8 Å². The van der Waals surface area contributed by atoms with Crippen molar-refractivity contribution in [1.29, 1.82) is 5.26 Å². The molecule has 7 nitrogen and oxygen atoms in total. The van der Waals surface area contributed by atoms with E-state index in [1.165, 1.54) is 6.07 Å². The number of rotatable bonds is 8. The average Bonchev–Trinajstić information content (AvgIpc) is 2.82. The second-order valence-electron chi connectivity index (χ2n) is 7.57. The maximum Gasteiger partial charge on any atom is 0.343 e. The molecule has 32 heavy (non-hydrogen) atoms. The van der Waals surface area contributed by atoms with Crippen molar-refractivity contribution >= 4 is 17.6 Å². The number of carbonyl (C=O) groups excluding carboxylic acids is 2. The van der Waals surface area contributed by atoms with Crippen LogP contribution in [0.4, 0.5) is 5.69 Å². The number of anilines is 1. The molecule has 0 saturated carbocycles. The number of nitrogens with one attached hydrogen (secondary N) is 2. The molecule has 0 bridgehead atoms. The van der Waals surface area contributed by atoms with Crippen molar-refractivity contribution in [2.45, 2.75) is 20.4 Å². The summed E-state index contributed by atoms with van der Waals surface area (Å²) in [7, 11) is 0. The third-order valence-electron chi connectivity index (χ3n) is 4.56. The van der Waals surface area contributed by atoms with E-state index < -0.39 is 5.97 Å². The zero-order valence-electron chi connectivity index (χ0n) is 18.0. The lowest BCUT2D eigenvalue weighted by Gasteiger charge is -2.12. The number of esters is 1. The van der Waals surface area contributed by atoms with Crippen molar-refractivity contribution in [2.24, 2.45) is 5.92 Å². The predicted molar refractivity (Wildman–Crippen MR) is 121 cm³/mol. The molecule has 162 valence electrons. The molecule has 0 aliphatic carbocycles. The highest BCUT2D eigenvalue weighted by Crippen LogP contribution is 2.19. The number of pyridine rings is 1. The number of carbonyl (C=O) groups is 2. The number of amides is 1. The monoisotopic (exact) mass is 428 g/mol. The van der Waals surface area contributed by atoms with Crippen molar-refractivity contribution in [3.05, 3.63) is 89.2 Å². The van der Waals surface area contributed by atoms with E-state index in [-0.39, 0.29) is 11.5 Å². The van der Waals surface area contributed by atoms with Gasteiger partial charge < -0.3 is 15.4 Å². The number of hydrogen-bond acceptors (Lipinski definition) is 6. The van der Waals surface area contributed by atoms with Crippen molar-refractivity contribution in [2.75, 3.05) is 11.9 Å². The van der Waals surface area contributed by atoms with Gasteiger partial charge in [0.25, 0.3) is 5.91 Å². The fraction of sp³-hybridized carbons (Fsp3) is 0.200. The zero-order chi connectivity index (χ0) is 22.9. The van der Waals surface area contributed by atoms with Gasteiger partial charge in [0.1, 0.15) is 5.69 Å². The van der Waals surface area contributed by atoms with Crippen LogP contribution in [0.5, 0.6) is 5.75 Å². The van der Waals surface area contributed by atoms with Crippen LogP contribution in [0.15, 0.2) is 66.9 Å². The van der Waals surface area contributed by atoms with E-state index in [9.17, 15) is 9.59 Å². The Balaban J connectivity index is 1.68. The number of nitrogens with zero attached hydrogens (tertiary/aromatic N) is 2. The molecule has 0 atom stereocenters. The third-order valence-corrected chi connectivity index (χ3v) is 4.56. The molecule has 7 heteroatoms. The van der Waals surface area contributed by atoms with Gasteiger partial charge in [-0.3, -0.25) is 9.78 Å². The van der Waals surface area contributed by atoms with Gasteiger partial charge in [0, 0.05) is 24.0 Å². The number of nitriles is 1. The highest BCUT2D eigenvalue weighted by atomic mass is 16.5. The quantitative estimate of drug-likeness (QED) is 0.522. The lowest BCUT2D eigenvalue weighted by Crippen LogP contribution is -2.27. The Morgan fingerprint density at radius 2 is 1.81 bits per heavy atom. The minimum Gasteiger partial charge on any atom is -0.421 e. The second kappa shape index (κ2) is 10.7. The maximum absolute atomic E-state index is 12.7. The second-order valence-corrected chi connectivity index (χ2v) is 7.57. The molecule has 0 fully saturated rings. The van der Waals surface area contributed by atoms with Crippen LogP contribution in [0, 0.1) is 17.2 Å². The standard InChI is InChI=1S/C25H24N4O3/c1-17(2)15-29-24(30)19-5-3-6-20(13-19)25(31)32-23-7-4-12-27-22(23)16-28-21-10-8-18(14-26)9-11-21/h3-13,17,28H,15-16H2,1-2H3,(H,29,30). The number of hydrogen-bond donors (Lipinski definition) is 2. The maximum atomic E-state index is 12.7. The van der Waals surface area contributed by atoms with Gasteiger partial charge in [-0.2, -0.15) is 5.26 Å². The van der Waals surface area contributed by atoms with Crippen LogP contribution in [-0.4, -0.2) is 23.4 Å². The molecule has 0 spiro atoms. The summed E-state index contributed by atoms with van der Waals surface area (Å²) < 4.78 is 5.57. The normalized spacial score (nSPS) is 10.3. The highest BCUT2D eigenvalue weighted by Gasteiger charge is 2.15. The molecule has 3 rings (SSSR count). The molecule has 0 aliphatic rings. The molecule has 0 aliphatic heterocycles. The van der Waals surface area contributed by atoms with Crippen LogP contribution in [0.3, 0.4) is 0 Å². The van der Waals surface area contributed by atoms with Crippen molar-refractivity contribution in [1.82, 2.24) is 10.3 Å². The van der Waals surface area contributed by atoms with E-state index in [0.29, 0.717) is 41.6 Å². The largest absolute Gasteiger partial charge is 0.421 e. The van der Waals surface area contributed by atoms with E-state index in [4.69, 9.17) is 10.00 Å². The smallest absolute Gasteiger partial charge is 0.343 e. The third kappa shape index (κ3) is 6.16. The molecular weight excluding hydrogens is 404 g/mol. The first-order valence-electron chi connectivity index (χ1n) is 10.2. The topological polar surface area (TPSA) is 104 Å². The van der Waals surface area contributed by atoms with Gasteiger partial charge in [0.05, 0.1) is 23.7 Å². The van der Waals surface area contributed by atoms with E-state index >= 15 is 0 Å². The van der Waals surface area contributed by atoms with Crippen molar-refractivity contribution in [3.63, 3.8) is 0 Å². The minimum atomic E-state index is -0.573. The summed E-state index contributed by atoms with van der Waals surface area (Å²) in [6.07, 6.45) is 1.62. The summed E-state index contributed by atoms with van der Waals surface area (Å²) in [6.45, 7) is 4.90. The van der Waals surface area contributed by atoms with Gasteiger partial charge in [-0.25, -0.2) is 4.79 Å². The van der Waals surface area contributed by atoms with E-state index in [1.54, 1.807) is 60.8 Å². The average molecular weight is 428 g/mol. The lowest BCUT2D eigenvalue weighted by atomic mass is 10.1. The molecule has 2 N–H and O–H groups in total. The molecule has 1 aromatic heterocycles. The Kier molecular flexibility index (Phi) is 7.55. The van der Waals surface area contributed by atoms with Crippen LogP contribution >= 0.6 is 0 Å². The summed E-state index contributed by atoms with van der Waals surface area (Å²) >= 11 is 0. The minimum absolute atomic E-state index is 0.234. The Hall–Kier alpha value is -4.18. The molecule has 0 radical (unpaired) electrons. The van der Waals surface area contributed by atoms with Gasteiger partial charge in [-0.15, -0.1) is 0 Å². The van der Waals surface area contributed by atoms with Crippen LogP contribution in [0.1, 0.15) is 45.8 Å². The van der Waals surface area contributed by atoms with Crippen LogP contribution < -0.4 is 15.4 Å². The molecule has 2 aromatic carbocycles. The fourth-order valence-corrected chi connectivity index (χ4v) is 2.84. The molecule has 3 aromatic rings. The molecule has 0 saturated heterocycles.